The van der Waals surface area contributed by atoms with Crippen LogP contribution in [0.25, 0.3) is 0 Å². The van der Waals surface area contributed by atoms with Crippen LogP contribution in [0.5, 0.6) is 11.5 Å². The molecule has 1 heterocycles. The van der Waals surface area contributed by atoms with E-state index in [1.807, 2.05) is 0 Å². The van der Waals surface area contributed by atoms with Crippen molar-refractivity contribution in [1.29, 1.82) is 0 Å². The monoisotopic (exact) mass is 242 g/mol. The molecule has 5 heteroatoms. The van der Waals surface area contributed by atoms with Crippen LogP contribution in [-0.4, -0.2) is 19.0 Å². The summed E-state index contributed by atoms with van der Waals surface area (Å²) in [5, 5.41) is 0. The second kappa shape index (κ2) is 4.69. The summed E-state index contributed by atoms with van der Waals surface area (Å²) in [5.74, 6) is 0.583. The Hall–Kier alpha value is -1.65. The largest absolute Gasteiger partial charge is 0.486 e. The zero-order valence-electron chi connectivity index (χ0n) is 9.33. The molecule has 2 rings (SSSR count). The molecule has 0 spiro atoms. The molecule has 3 nitrogen and oxygen atoms in total. The Kier molecular flexibility index (Phi) is 3.26. The molecule has 1 aliphatic heterocycles. The molecule has 92 valence electrons. The number of ketones is 1. The number of Topliss-reactive ketones (excluding diaryl/α,β-unsaturated/α-hetero) is 1. The number of hydrogen-bond acceptors (Lipinski definition) is 3. The number of carbonyl (C=O) groups excluding carboxylic acids is 1. The lowest BCUT2D eigenvalue weighted by molar-refractivity contribution is -0.116. The van der Waals surface area contributed by atoms with Crippen LogP contribution < -0.4 is 9.47 Å². The number of alkyl halides is 2. The molecule has 17 heavy (non-hydrogen) atoms. The molecule has 1 aromatic rings. The van der Waals surface area contributed by atoms with Gasteiger partial charge < -0.3 is 9.47 Å². The van der Waals surface area contributed by atoms with Crippen LogP contribution in [0.3, 0.4) is 0 Å². The van der Waals surface area contributed by atoms with E-state index in [4.69, 9.17) is 9.47 Å². The highest BCUT2D eigenvalue weighted by Crippen LogP contribution is 2.37. The van der Waals surface area contributed by atoms with Crippen molar-refractivity contribution in [3.05, 3.63) is 23.3 Å². The Morgan fingerprint density at radius 1 is 1.29 bits per heavy atom. The summed E-state index contributed by atoms with van der Waals surface area (Å²) in [6, 6.07) is 2.73. The maximum Gasteiger partial charge on any atom is 0.264 e. The minimum atomic E-state index is -2.62. The van der Waals surface area contributed by atoms with Gasteiger partial charge in [0.05, 0.1) is 0 Å². The standard InChI is InChI=1S/C12H12F2O3/c1-7(15)4-8-5-10-11(17-3-2-16-10)6-9(8)12(13)14/h5-6,12H,2-4H2,1H3. The third-order valence-electron chi connectivity index (χ3n) is 2.48. The molecule has 1 aliphatic rings. The summed E-state index contributed by atoms with van der Waals surface area (Å²) < 4.78 is 36.2. The zero-order chi connectivity index (χ0) is 12.4. The first-order valence-electron chi connectivity index (χ1n) is 5.28. The van der Waals surface area contributed by atoms with Gasteiger partial charge in [0.2, 0.25) is 0 Å². The predicted molar refractivity (Wildman–Crippen MR) is 56.8 cm³/mol. The normalized spacial score (nSPS) is 13.9. The van der Waals surface area contributed by atoms with Gasteiger partial charge in [-0.15, -0.1) is 0 Å². The SMILES string of the molecule is CC(=O)Cc1cc2c(cc1C(F)F)OCCO2. The van der Waals surface area contributed by atoms with Gasteiger partial charge >= 0.3 is 0 Å². The molecule has 0 aromatic heterocycles. The molecule has 0 bridgehead atoms. The van der Waals surface area contributed by atoms with Gasteiger partial charge in [0.1, 0.15) is 19.0 Å². The molecular formula is C12H12F2O3. The van der Waals surface area contributed by atoms with Crippen molar-refractivity contribution in [1.82, 2.24) is 0 Å². The summed E-state index contributed by atoms with van der Waals surface area (Å²) in [4.78, 5) is 11.0. The first kappa shape index (κ1) is 11.8. The smallest absolute Gasteiger partial charge is 0.264 e. The Balaban J connectivity index is 2.44. The van der Waals surface area contributed by atoms with Crippen LogP contribution in [0.15, 0.2) is 12.1 Å². The highest BCUT2D eigenvalue weighted by atomic mass is 19.3. The van der Waals surface area contributed by atoms with E-state index < -0.39 is 6.43 Å². The minimum Gasteiger partial charge on any atom is -0.486 e. The fraction of sp³-hybridized carbons (Fsp3) is 0.417. The Labute approximate surface area is 97.3 Å². The van der Waals surface area contributed by atoms with E-state index in [0.29, 0.717) is 30.3 Å². The van der Waals surface area contributed by atoms with Crippen LogP contribution in [0.1, 0.15) is 24.5 Å². The molecule has 0 unspecified atom stereocenters. The minimum absolute atomic E-state index is 0.0175. The summed E-state index contributed by atoms with van der Waals surface area (Å²) in [7, 11) is 0. The van der Waals surface area contributed by atoms with Crippen molar-refractivity contribution < 1.29 is 23.0 Å². The molecular weight excluding hydrogens is 230 g/mol. The third-order valence-corrected chi connectivity index (χ3v) is 2.48. The average Bonchev–Trinajstić information content (AvgIpc) is 2.27. The number of hydrogen-bond donors (Lipinski definition) is 0. The van der Waals surface area contributed by atoms with E-state index in [9.17, 15) is 13.6 Å². The van der Waals surface area contributed by atoms with Crippen molar-refractivity contribution in [2.45, 2.75) is 19.8 Å². The summed E-state index contributed by atoms with van der Waals surface area (Å²) in [6.45, 7) is 2.11. The number of fused-ring (bicyclic) bond motifs is 1. The van der Waals surface area contributed by atoms with Crippen LogP contribution in [-0.2, 0) is 11.2 Å². The summed E-state index contributed by atoms with van der Waals surface area (Å²) in [6.07, 6.45) is -2.64. The number of rotatable bonds is 3. The van der Waals surface area contributed by atoms with Gasteiger partial charge in [0.15, 0.2) is 11.5 Å². The quantitative estimate of drug-likeness (QED) is 0.817. The van der Waals surface area contributed by atoms with Crippen LogP contribution in [0, 0.1) is 0 Å². The summed E-state index contributed by atoms with van der Waals surface area (Å²) >= 11 is 0. The Morgan fingerprint density at radius 2 is 1.88 bits per heavy atom. The zero-order valence-corrected chi connectivity index (χ0v) is 9.33. The number of ether oxygens (including phenoxy) is 2. The molecule has 0 saturated heterocycles. The van der Waals surface area contributed by atoms with Crippen molar-refractivity contribution in [3.63, 3.8) is 0 Å². The molecule has 0 saturated carbocycles. The number of halogens is 2. The number of benzene rings is 1. The van der Waals surface area contributed by atoms with Gasteiger partial charge in [-0.1, -0.05) is 0 Å². The van der Waals surface area contributed by atoms with Gasteiger partial charge in [-0.25, -0.2) is 8.78 Å². The predicted octanol–water partition coefficient (Wildman–Crippen LogP) is 2.53. The first-order valence-corrected chi connectivity index (χ1v) is 5.28. The molecule has 0 radical (unpaired) electrons. The maximum absolute atomic E-state index is 12.8. The second-order valence-electron chi connectivity index (χ2n) is 3.87. The lowest BCUT2D eigenvalue weighted by atomic mass is 10.0. The molecule has 0 fully saturated rings. The van der Waals surface area contributed by atoms with E-state index >= 15 is 0 Å². The first-order chi connectivity index (χ1) is 8.08. The van der Waals surface area contributed by atoms with Crippen LogP contribution in [0.4, 0.5) is 8.78 Å². The van der Waals surface area contributed by atoms with Crippen molar-refractivity contribution >= 4 is 5.78 Å². The highest BCUT2D eigenvalue weighted by Gasteiger charge is 2.21. The molecule has 0 atom stereocenters. The van der Waals surface area contributed by atoms with Crippen LogP contribution in [0.2, 0.25) is 0 Å². The third kappa shape index (κ3) is 2.54. The van der Waals surface area contributed by atoms with Crippen molar-refractivity contribution in [2.24, 2.45) is 0 Å². The van der Waals surface area contributed by atoms with Crippen LogP contribution >= 0.6 is 0 Å². The van der Waals surface area contributed by atoms with Gasteiger partial charge in [0, 0.05) is 12.0 Å². The average molecular weight is 242 g/mol. The van der Waals surface area contributed by atoms with Crippen molar-refractivity contribution in [2.75, 3.05) is 13.2 Å². The number of carbonyl (C=O) groups is 1. The van der Waals surface area contributed by atoms with E-state index in [1.54, 1.807) is 0 Å². The van der Waals surface area contributed by atoms with E-state index in [-0.39, 0.29) is 17.8 Å². The fourth-order valence-corrected chi connectivity index (χ4v) is 1.77. The molecule has 0 aliphatic carbocycles. The Bertz CT molecular complexity index is 444. The van der Waals surface area contributed by atoms with E-state index in [0.717, 1.165) is 0 Å². The second-order valence-corrected chi connectivity index (χ2v) is 3.87. The fourth-order valence-electron chi connectivity index (χ4n) is 1.77. The van der Waals surface area contributed by atoms with E-state index in [2.05, 4.69) is 0 Å². The Morgan fingerprint density at radius 3 is 2.41 bits per heavy atom. The summed E-state index contributed by atoms with van der Waals surface area (Å²) in [5.41, 5.74) is 0.140. The molecule has 1 aromatic carbocycles. The van der Waals surface area contributed by atoms with Gasteiger partial charge in [-0.2, -0.15) is 0 Å². The van der Waals surface area contributed by atoms with Gasteiger partial charge in [-0.3, -0.25) is 4.79 Å². The van der Waals surface area contributed by atoms with Crippen molar-refractivity contribution in [3.8, 4) is 11.5 Å². The lowest BCUT2D eigenvalue weighted by Crippen LogP contribution is -2.16. The lowest BCUT2D eigenvalue weighted by Gasteiger charge is -2.20. The van der Waals surface area contributed by atoms with Gasteiger partial charge in [0.25, 0.3) is 6.43 Å². The topological polar surface area (TPSA) is 35.5 Å². The van der Waals surface area contributed by atoms with E-state index in [1.165, 1.54) is 19.1 Å². The van der Waals surface area contributed by atoms with Gasteiger partial charge in [-0.05, 0) is 24.6 Å². The molecule has 0 amide bonds. The maximum atomic E-state index is 12.8. The molecule has 0 N–H and O–H groups in total. The highest BCUT2D eigenvalue weighted by molar-refractivity contribution is 5.79.